The molecule has 0 unspecified atom stereocenters. The molecule has 2 heterocycles. The van der Waals surface area contributed by atoms with Crippen LogP contribution in [0.1, 0.15) is 25.7 Å². The van der Waals surface area contributed by atoms with Gasteiger partial charge in [0.05, 0.1) is 11.4 Å². The third kappa shape index (κ3) is 3.45. The van der Waals surface area contributed by atoms with Gasteiger partial charge < -0.3 is 20.1 Å². The van der Waals surface area contributed by atoms with Crippen LogP contribution in [0.4, 0.5) is 11.4 Å². The Morgan fingerprint density at radius 1 is 0.864 bits per heavy atom. The van der Waals surface area contributed by atoms with E-state index in [-0.39, 0.29) is 11.8 Å². The van der Waals surface area contributed by atoms with Crippen molar-refractivity contribution in [1.29, 1.82) is 0 Å². The van der Waals surface area contributed by atoms with Crippen LogP contribution in [0.5, 0.6) is 0 Å². The van der Waals surface area contributed by atoms with E-state index in [1.807, 2.05) is 12.1 Å². The number of rotatable bonds is 4. The number of carbonyl (C=O) groups excluding carboxylic acids is 2. The van der Waals surface area contributed by atoms with Gasteiger partial charge in [0.15, 0.2) is 0 Å². The maximum absolute atomic E-state index is 12.1. The van der Waals surface area contributed by atoms with Crippen LogP contribution in [-0.2, 0) is 19.1 Å². The second kappa shape index (κ2) is 6.89. The zero-order valence-corrected chi connectivity index (χ0v) is 12.3. The van der Waals surface area contributed by atoms with E-state index >= 15 is 0 Å². The molecule has 6 nitrogen and oxygen atoms in total. The summed E-state index contributed by atoms with van der Waals surface area (Å²) in [4.78, 5) is 24.3. The molecule has 0 aliphatic carbocycles. The average Bonchev–Trinajstić information content (AvgIpc) is 3.23. The Kier molecular flexibility index (Phi) is 4.70. The number of anilines is 2. The summed E-state index contributed by atoms with van der Waals surface area (Å²) >= 11 is 0. The molecule has 2 atom stereocenters. The Morgan fingerprint density at radius 3 is 1.68 bits per heavy atom. The molecule has 0 radical (unpaired) electrons. The quantitative estimate of drug-likeness (QED) is 0.891. The number of nitrogens with one attached hydrogen (secondary N) is 2. The van der Waals surface area contributed by atoms with Crippen molar-refractivity contribution >= 4 is 23.2 Å². The van der Waals surface area contributed by atoms with Gasteiger partial charge in [-0.15, -0.1) is 0 Å². The number of hydrogen-bond acceptors (Lipinski definition) is 4. The van der Waals surface area contributed by atoms with Crippen molar-refractivity contribution in [1.82, 2.24) is 0 Å². The van der Waals surface area contributed by atoms with Gasteiger partial charge >= 0.3 is 0 Å². The number of hydrogen-bond donors (Lipinski definition) is 2. The Bertz CT molecular complexity index is 500. The molecule has 1 aromatic rings. The fourth-order valence-corrected chi connectivity index (χ4v) is 2.70. The van der Waals surface area contributed by atoms with Gasteiger partial charge in [0, 0.05) is 13.2 Å². The molecule has 0 spiro atoms. The summed E-state index contributed by atoms with van der Waals surface area (Å²) in [5, 5.41) is 5.66. The second-order valence-corrected chi connectivity index (χ2v) is 5.53. The monoisotopic (exact) mass is 304 g/mol. The topological polar surface area (TPSA) is 76.7 Å². The summed E-state index contributed by atoms with van der Waals surface area (Å²) < 4.78 is 10.7. The number of carbonyl (C=O) groups is 2. The maximum atomic E-state index is 12.1. The van der Waals surface area contributed by atoms with E-state index < -0.39 is 12.2 Å². The van der Waals surface area contributed by atoms with Gasteiger partial charge in [-0.3, -0.25) is 9.59 Å². The highest BCUT2D eigenvalue weighted by molar-refractivity contribution is 6.02. The minimum absolute atomic E-state index is 0.170. The van der Waals surface area contributed by atoms with E-state index in [9.17, 15) is 9.59 Å². The Morgan fingerprint density at radius 2 is 1.32 bits per heavy atom. The number of ether oxygens (including phenoxy) is 2. The van der Waals surface area contributed by atoms with Gasteiger partial charge in [-0.1, -0.05) is 12.1 Å². The highest BCUT2D eigenvalue weighted by Gasteiger charge is 2.26. The first-order chi connectivity index (χ1) is 10.7. The van der Waals surface area contributed by atoms with E-state index in [2.05, 4.69) is 10.6 Å². The van der Waals surface area contributed by atoms with Crippen molar-refractivity contribution in [3.8, 4) is 0 Å². The molecular weight excluding hydrogens is 284 g/mol. The Hall–Kier alpha value is -1.92. The third-order valence-electron chi connectivity index (χ3n) is 3.89. The zero-order valence-electron chi connectivity index (χ0n) is 12.3. The number of amides is 2. The summed E-state index contributed by atoms with van der Waals surface area (Å²) in [6.45, 7) is 1.24. The van der Waals surface area contributed by atoms with Crippen molar-refractivity contribution in [2.24, 2.45) is 0 Å². The van der Waals surface area contributed by atoms with Crippen molar-refractivity contribution in [2.75, 3.05) is 23.8 Å². The van der Waals surface area contributed by atoms with Gasteiger partial charge in [0.2, 0.25) is 0 Å². The normalized spacial score (nSPS) is 24.2. The van der Waals surface area contributed by atoms with Crippen molar-refractivity contribution < 1.29 is 19.1 Å². The summed E-state index contributed by atoms with van der Waals surface area (Å²) in [6, 6.07) is 7.15. The maximum Gasteiger partial charge on any atom is 0.253 e. The SMILES string of the molecule is O=C(Nc1ccccc1NC(=O)[C@@H]1CCCO1)[C@@H]1CCCO1. The summed E-state index contributed by atoms with van der Waals surface area (Å²) in [6.07, 6.45) is 2.46. The molecule has 0 aromatic heterocycles. The molecule has 0 saturated carbocycles. The number of benzene rings is 1. The van der Waals surface area contributed by atoms with Crippen molar-refractivity contribution in [3.63, 3.8) is 0 Å². The van der Waals surface area contributed by atoms with E-state index in [0.29, 0.717) is 24.6 Å². The summed E-state index contributed by atoms with van der Waals surface area (Å²) in [5.74, 6) is -0.340. The van der Waals surface area contributed by atoms with Gasteiger partial charge in [-0.25, -0.2) is 0 Å². The lowest BCUT2D eigenvalue weighted by atomic mass is 10.2. The van der Waals surface area contributed by atoms with Crippen LogP contribution in [-0.4, -0.2) is 37.2 Å². The first kappa shape index (κ1) is 15.0. The van der Waals surface area contributed by atoms with E-state index in [0.717, 1.165) is 25.7 Å². The van der Waals surface area contributed by atoms with Gasteiger partial charge in [-0.2, -0.15) is 0 Å². The van der Waals surface area contributed by atoms with Crippen LogP contribution >= 0.6 is 0 Å². The summed E-state index contributed by atoms with van der Waals surface area (Å²) in [7, 11) is 0. The molecule has 2 N–H and O–H groups in total. The molecule has 22 heavy (non-hydrogen) atoms. The second-order valence-electron chi connectivity index (χ2n) is 5.53. The fourth-order valence-electron chi connectivity index (χ4n) is 2.70. The molecule has 2 aliphatic rings. The molecule has 118 valence electrons. The molecule has 2 aliphatic heterocycles. The molecule has 1 aromatic carbocycles. The summed E-state index contributed by atoms with van der Waals surface area (Å²) in [5.41, 5.74) is 1.16. The van der Waals surface area contributed by atoms with Gasteiger partial charge in [0.25, 0.3) is 11.8 Å². The fraction of sp³-hybridized carbons (Fsp3) is 0.500. The Balaban J connectivity index is 1.66. The van der Waals surface area contributed by atoms with Crippen molar-refractivity contribution in [3.05, 3.63) is 24.3 Å². The lowest BCUT2D eigenvalue weighted by Crippen LogP contribution is -2.29. The molecule has 2 fully saturated rings. The largest absolute Gasteiger partial charge is 0.368 e. The van der Waals surface area contributed by atoms with E-state index in [1.54, 1.807) is 12.1 Å². The van der Waals surface area contributed by atoms with E-state index in [1.165, 1.54) is 0 Å². The minimum atomic E-state index is -0.401. The smallest absolute Gasteiger partial charge is 0.253 e. The highest BCUT2D eigenvalue weighted by Crippen LogP contribution is 2.24. The molecule has 3 rings (SSSR count). The van der Waals surface area contributed by atoms with Crippen LogP contribution in [0.3, 0.4) is 0 Å². The predicted octanol–water partition coefficient (Wildman–Crippen LogP) is 1.92. The van der Waals surface area contributed by atoms with Crippen LogP contribution in [0, 0.1) is 0 Å². The predicted molar refractivity (Wildman–Crippen MR) is 81.6 cm³/mol. The van der Waals surface area contributed by atoms with Gasteiger partial charge in [-0.05, 0) is 37.8 Å². The van der Waals surface area contributed by atoms with Crippen LogP contribution in [0.15, 0.2) is 24.3 Å². The Labute approximate surface area is 129 Å². The average molecular weight is 304 g/mol. The third-order valence-corrected chi connectivity index (χ3v) is 3.89. The minimum Gasteiger partial charge on any atom is -0.368 e. The lowest BCUT2D eigenvalue weighted by molar-refractivity contribution is -0.125. The highest BCUT2D eigenvalue weighted by atomic mass is 16.5. The van der Waals surface area contributed by atoms with E-state index in [4.69, 9.17) is 9.47 Å². The molecule has 2 amide bonds. The standard InChI is InChI=1S/C16H20N2O4/c19-15(13-7-3-9-21-13)17-11-5-1-2-6-12(11)18-16(20)14-8-4-10-22-14/h1-2,5-6,13-14H,3-4,7-10H2,(H,17,19)(H,18,20)/t13-,14-/m0/s1. The number of para-hydroxylation sites is 2. The van der Waals surface area contributed by atoms with Crippen molar-refractivity contribution in [2.45, 2.75) is 37.9 Å². The zero-order chi connectivity index (χ0) is 15.4. The molecule has 0 bridgehead atoms. The molecular formula is C16H20N2O4. The van der Waals surface area contributed by atoms with Crippen LogP contribution < -0.4 is 10.6 Å². The molecule has 2 saturated heterocycles. The molecule has 6 heteroatoms. The first-order valence-corrected chi connectivity index (χ1v) is 7.68. The van der Waals surface area contributed by atoms with Crippen LogP contribution in [0.2, 0.25) is 0 Å². The van der Waals surface area contributed by atoms with Crippen LogP contribution in [0.25, 0.3) is 0 Å². The first-order valence-electron chi connectivity index (χ1n) is 7.68. The van der Waals surface area contributed by atoms with Gasteiger partial charge in [0.1, 0.15) is 12.2 Å². The lowest BCUT2D eigenvalue weighted by Gasteiger charge is -2.16.